The molecular formula is C49H65N9O10. The maximum atomic E-state index is 13.3. The predicted octanol–water partition coefficient (Wildman–Crippen LogP) is 3.52. The van der Waals surface area contributed by atoms with Gasteiger partial charge in [-0.25, -0.2) is 9.97 Å². The summed E-state index contributed by atoms with van der Waals surface area (Å²) < 4.78 is 22.6. The van der Waals surface area contributed by atoms with E-state index in [2.05, 4.69) is 31.2 Å². The zero-order valence-corrected chi connectivity index (χ0v) is 39.4. The van der Waals surface area contributed by atoms with Crippen LogP contribution in [0.5, 0.6) is 5.75 Å². The number of carbonyl (C=O) groups is 6. The Morgan fingerprint density at radius 3 is 2.38 bits per heavy atom. The first kappa shape index (κ1) is 49.9. The number of nitrogens with zero attached hydrogens (tertiary/aromatic N) is 5. The molecule has 19 nitrogen and oxygen atoms in total. The summed E-state index contributed by atoms with van der Waals surface area (Å²) in [5, 5.41) is 11.4. The first-order valence-electron chi connectivity index (χ1n) is 23.9. The van der Waals surface area contributed by atoms with Crippen molar-refractivity contribution in [2.75, 3.05) is 88.5 Å². The molecule has 1 aromatic heterocycles. The summed E-state index contributed by atoms with van der Waals surface area (Å²) in [6.07, 6.45) is 9.51. The fourth-order valence-corrected chi connectivity index (χ4v) is 9.31. The molecule has 19 heteroatoms. The van der Waals surface area contributed by atoms with E-state index in [-0.39, 0.29) is 61.0 Å². The molecule has 2 atom stereocenters. The second-order valence-electron chi connectivity index (χ2n) is 17.4. The number of aromatic nitrogens is 2. The third-order valence-corrected chi connectivity index (χ3v) is 12.9. The Morgan fingerprint density at radius 1 is 0.897 bits per heavy atom. The number of hydrogen-bond donors (Lipinski definition) is 4. The van der Waals surface area contributed by atoms with E-state index in [9.17, 15) is 28.8 Å². The molecule has 4 heterocycles. The van der Waals surface area contributed by atoms with Gasteiger partial charge in [-0.15, -0.1) is 0 Å². The molecule has 1 aliphatic carbocycles. The summed E-state index contributed by atoms with van der Waals surface area (Å²) in [6.45, 7) is 6.46. The van der Waals surface area contributed by atoms with E-state index in [1.54, 1.807) is 55.6 Å². The molecule has 1 saturated carbocycles. The van der Waals surface area contributed by atoms with Crippen molar-refractivity contribution in [3.05, 3.63) is 70.7 Å². The van der Waals surface area contributed by atoms with Gasteiger partial charge in [-0.3, -0.25) is 34.1 Å². The first-order chi connectivity index (χ1) is 33.1. The Hall–Kier alpha value is -6.02. The van der Waals surface area contributed by atoms with E-state index in [1.807, 2.05) is 13.0 Å². The number of anilines is 3. The summed E-state index contributed by atoms with van der Waals surface area (Å²) in [5.41, 5.74) is 3.73. The molecule has 6 amide bonds. The topological polar surface area (TPSA) is 223 Å². The maximum Gasteiger partial charge on any atom is 0.255 e. The van der Waals surface area contributed by atoms with Gasteiger partial charge in [0.25, 0.3) is 11.8 Å². The molecule has 366 valence electrons. The number of piperidine rings is 1. The molecule has 0 radical (unpaired) electrons. The highest BCUT2D eigenvalue weighted by Crippen LogP contribution is 2.40. The Labute approximate surface area is 397 Å². The van der Waals surface area contributed by atoms with Crippen LogP contribution in [0.1, 0.15) is 109 Å². The van der Waals surface area contributed by atoms with Gasteiger partial charge >= 0.3 is 0 Å². The van der Waals surface area contributed by atoms with Gasteiger partial charge in [0.15, 0.2) is 5.82 Å². The minimum Gasteiger partial charge on any atom is -0.496 e. The lowest BCUT2D eigenvalue weighted by Gasteiger charge is -2.43. The van der Waals surface area contributed by atoms with Gasteiger partial charge in [0.1, 0.15) is 29.3 Å². The number of unbranched alkanes of at least 4 members (excludes halogenated alkanes) is 1. The summed E-state index contributed by atoms with van der Waals surface area (Å²) in [5.74, 6) is 0.588. The molecule has 3 aromatic rings. The number of amides is 6. The van der Waals surface area contributed by atoms with E-state index in [1.165, 1.54) is 4.90 Å². The molecule has 0 bridgehead atoms. The minimum absolute atomic E-state index is 0.0769. The van der Waals surface area contributed by atoms with Crippen molar-refractivity contribution in [1.29, 1.82) is 0 Å². The van der Waals surface area contributed by atoms with Crippen LogP contribution in [0.4, 0.5) is 17.2 Å². The second-order valence-corrected chi connectivity index (χ2v) is 17.4. The highest BCUT2D eigenvalue weighted by atomic mass is 16.5. The van der Waals surface area contributed by atoms with Crippen molar-refractivity contribution < 1.29 is 47.7 Å². The highest BCUT2D eigenvalue weighted by molar-refractivity contribution is 6.07. The fourth-order valence-electron chi connectivity index (χ4n) is 9.31. The number of carbonyl (C=O) groups excluding carboxylic acids is 6. The minimum atomic E-state index is -0.712. The monoisotopic (exact) mass is 939 g/mol. The number of ether oxygens (including phenoxy) is 4. The zero-order valence-electron chi connectivity index (χ0n) is 39.4. The Balaban J connectivity index is 0.702. The first-order valence-corrected chi connectivity index (χ1v) is 23.9. The van der Waals surface area contributed by atoms with Crippen LogP contribution in [0.3, 0.4) is 0 Å². The lowest BCUT2D eigenvalue weighted by atomic mass is 10.0. The van der Waals surface area contributed by atoms with E-state index >= 15 is 0 Å². The molecule has 2 aromatic carbocycles. The maximum absolute atomic E-state index is 13.3. The van der Waals surface area contributed by atoms with Crippen molar-refractivity contribution >= 4 is 52.6 Å². The van der Waals surface area contributed by atoms with Crippen molar-refractivity contribution in [3.63, 3.8) is 0 Å². The summed E-state index contributed by atoms with van der Waals surface area (Å²) in [6, 6.07) is 9.83. The van der Waals surface area contributed by atoms with Gasteiger partial charge in [0.05, 0.1) is 52.9 Å². The lowest BCUT2D eigenvalue weighted by molar-refractivity contribution is -0.137. The van der Waals surface area contributed by atoms with Gasteiger partial charge in [0.2, 0.25) is 23.6 Å². The number of rotatable bonds is 25. The number of imide groups is 1. The molecule has 4 N–H and O–H groups in total. The Bertz CT molecular complexity index is 2290. The van der Waals surface area contributed by atoms with Gasteiger partial charge in [-0.2, -0.15) is 0 Å². The Morgan fingerprint density at radius 2 is 1.65 bits per heavy atom. The summed E-state index contributed by atoms with van der Waals surface area (Å²) in [7, 11) is 3.37. The predicted molar refractivity (Wildman–Crippen MR) is 253 cm³/mol. The van der Waals surface area contributed by atoms with Crippen molar-refractivity contribution in [1.82, 2.24) is 30.8 Å². The largest absolute Gasteiger partial charge is 0.496 e. The fraction of sp³-hybridized carbons (Fsp3) is 0.551. The molecular weight excluding hydrogens is 875 g/mol. The average molecular weight is 940 g/mol. The van der Waals surface area contributed by atoms with Crippen LogP contribution in [0.2, 0.25) is 0 Å². The molecule has 68 heavy (non-hydrogen) atoms. The van der Waals surface area contributed by atoms with Crippen LogP contribution in [0.15, 0.2) is 42.6 Å². The zero-order chi connectivity index (χ0) is 48.0. The van der Waals surface area contributed by atoms with Gasteiger partial charge in [-0.1, -0.05) is 31.9 Å². The van der Waals surface area contributed by atoms with Crippen molar-refractivity contribution in [2.45, 2.75) is 102 Å². The molecule has 0 spiro atoms. The average Bonchev–Trinajstić information content (AvgIpc) is 3.99. The Kier molecular flexibility index (Phi) is 17.8. The van der Waals surface area contributed by atoms with Crippen LogP contribution in [-0.4, -0.2) is 142 Å². The standard InChI is InChI=1S/C49H65N9O10/c1-4-38-49(64)56(2)40-30-52-42(54-45(40)58(38)34-10-5-6-11-34)29-32-15-16-33(28-41(32)65-3)46(61)51-21-23-67-25-27-68-26-24-66-22-20-50-19-8-7-14-43(59)53-37-13-9-12-35-36(37)31-57(48(35)63)39-17-18-44(60)55-47(39)62/h9,12-13,15-16,28,30,34,38-39,50H,4-8,10-11,14,17-27,29,31H2,1-3H3,(H,51,61)(H,53,59)(H,55,60,62)/t38-,39?/m1/s1. The molecule has 1 saturated heterocycles. The number of fused-ring (bicyclic) bond motifs is 2. The van der Waals surface area contributed by atoms with Crippen molar-refractivity contribution in [2.24, 2.45) is 0 Å². The molecule has 1 unspecified atom stereocenters. The van der Waals surface area contributed by atoms with E-state index in [0.717, 1.165) is 55.7 Å². The smallest absolute Gasteiger partial charge is 0.255 e. The van der Waals surface area contributed by atoms with Gasteiger partial charge in [0, 0.05) is 79.9 Å². The summed E-state index contributed by atoms with van der Waals surface area (Å²) >= 11 is 0. The van der Waals surface area contributed by atoms with Crippen LogP contribution in [0, 0.1) is 0 Å². The number of methoxy groups -OCH3 is 1. The quantitative estimate of drug-likeness (QED) is 0.0706. The molecule has 2 fully saturated rings. The summed E-state index contributed by atoms with van der Waals surface area (Å²) in [4.78, 5) is 91.0. The van der Waals surface area contributed by atoms with Crippen LogP contribution in [-0.2, 0) is 46.4 Å². The number of nitrogens with one attached hydrogen (secondary N) is 4. The molecule has 4 aliphatic rings. The van der Waals surface area contributed by atoms with E-state index in [0.29, 0.717) is 112 Å². The highest BCUT2D eigenvalue weighted by Gasteiger charge is 2.42. The lowest BCUT2D eigenvalue weighted by Crippen LogP contribution is -2.55. The van der Waals surface area contributed by atoms with Gasteiger partial charge in [-0.05, 0) is 69.3 Å². The molecule has 3 aliphatic heterocycles. The van der Waals surface area contributed by atoms with Crippen LogP contribution in [0.25, 0.3) is 0 Å². The number of likely N-dealkylation sites (N-methyl/N-ethyl adjacent to an activating group) is 1. The third-order valence-electron chi connectivity index (χ3n) is 12.9. The van der Waals surface area contributed by atoms with E-state index in [4.69, 9.17) is 23.9 Å². The SMILES string of the molecule is CC[C@@H]1C(=O)N(C)c2cnc(Cc3ccc(C(=O)NCCOCCOCCOCCNCCCCC(=O)Nc4cccc5c4CN(C4CCC(=O)NC4=O)C5=O)cc3OC)nc2N1C1CCCC1. The number of benzene rings is 2. The van der Waals surface area contributed by atoms with Crippen LogP contribution >= 0.6 is 0 Å². The number of hydrogen-bond acceptors (Lipinski definition) is 14. The second kappa shape index (κ2) is 24.3. The van der Waals surface area contributed by atoms with E-state index < -0.39 is 11.9 Å². The molecule has 7 rings (SSSR count). The van der Waals surface area contributed by atoms with Gasteiger partial charge < -0.3 is 49.6 Å². The third kappa shape index (κ3) is 12.3. The normalized spacial score (nSPS) is 18.2. The van der Waals surface area contributed by atoms with Crippen molar-refractivity contribution in [3.8, 4) is 5.75 Å². The van der Waals surface area contributed by atoms with Crippen LogP contribution < -0.4 is 35.8 Å².